The molecule has 3 heteroatoms. The summed E-state index contributed by atoms with van der Waals surface area (Å²) >= 11 is 0. The molecule has 0 aromatic carbocycles. The minimum atomic E-state index is 0.264. The third kappa shape index (κ3) is 2.51. The van der Waals surface area contributed by atoms with Crippen molar-refractivity contribution in [3.63, 3.8) is 0 Å². The van der Waals surface area contributed by atoms with Crippen LogP contribution in [0.1, 0.15) is 61.0 Å². The van der Waals surface area contributed by atoms with Gasteiger partial charge in [-0.15, -0.1) is 0 Å². The molecular formula is C16H22N2O. The topological polar surface area (TPSA) is 33.2 Å². The molecule has 1 aromatic heterocycles. The predicted molar refractivity (Wildman–Crippen MR) is 76.8 cm³/mol. The van der Waals surface area contributed by atoms with Crippen LogP contribution in [-0.4, -0.2) is 23.9 Å². The maximum atomic E-state index is 11.8. The summed E-state index contributed by atoms with van der Waals surface area (Å²) in [7, 11) is 2.15. The van der Waals surface area contributed by atoms with Gasteiger partial charge in [0.05, 0.1) is 5.69 Å². The summed E-state index contributed by atoms with van der Waals surface area (Å²) in [6.45, 7) is 0. The maximum Gasteiger partial charge on any atom is 0.164 e. The van der Waals surface area contributed by atoms with Gasteiger partial charge in [0.2, 0.25) is 0 Å². The molecule has 0 aliphatic heterocycles. The number of carbonyl (C=O) groups excluding carboxylic acids is 1. The summed E-state index contributed by atoms with van der Waals surface area (Å²) in [4.78, 5) is 18.9. The number of anilines is 1. The second-order valence-corrected chi connectivity index (χ2v) is 5.84. The van der Waals surface area contributed by atoms with E-state index in [1.807, 2.05) is 12.1 Å². The molecule has 0 N–H and O–H groups in total. The molecule has 102 valence electrons. The number of rotatable bonds is 2. The van der Waals surface area contributed by atoms with E-state index in [9.17, 15) is 4.79 Å². The quantitative estimate of drug-likeness (QED) is 0.815. The molecule has 1 fully saturated rings. The van der Waals surface area contributed by atoms with Crippen LogP contribution in [0.15, 0.2) is 12.1 Å². The van der Waals surface area contributed by atoms with Gasteiger partial charge in [-0.1, -0.05) is 19.3 Å². The number of ketones is 1. The summed E-state index contributed by atoms with van der Waals surface area (Å²) in [6.07, 6.45) is 9.17. The number of pyridine rings is 1. The average Bonchev–Trinajstić information content (AvgIpc) is 2.47. The van der Waals surface area contributed by atoms with Crippen molar-refractivity contribution in [3.8, 4) is 0 Å². The van der Waals surface area contributed by atoms with Gasteiger partial charge in [-0.25, -0.2) is 4.98 Å². The van der Waals surface area contributed by atoms with Crippen LogP contribution in [0.3, 0.4) is 0 Å². The van der Waals surface area contributed by atoms with Gasteiger partial charge in [0.25, 0.3) is 0 Å². The van der Waals surface area contributed by atoms with Crippen molar-refractivity contribution in [1.82, 2.24) is 4.98 Å². The molecule has 1 heterocycles. The molecule has 0 unspecified atom stereocenters. The zero-order valence-corrected chi connectivity index (χ0v) is 11.7. The molecule has 0 radical (unpaired) electrons. The minimum absolute atomic E-state index is 0.264. The third-order valence-electron chi connectivity index (χ3n) is 4.56. The molecule has 0 amide bonds. The van der Waals surface area contributed by atoms with Crippen molar-refractivity contribution in [2.45, 2.75) is 57.4 Å². The van der Waals surface area contributed by atoms with Crippen molar-refractivity contribution in [1.29, 1.82) is 0 Å². The van der Waals surface area contributed by atoms with Crippen molar-refractivity contribution in [2.24, 2.45) is 0 Å². The molecule has 0 atom stereocenters. The molecule has 0 spiro atoms. The van der Waals surface area contributed by atoms with Gasteiger partial charge >= 0.3 is 0 Å². The molecule has 2 aliphatic carbocycles. The first-order valence-electron chi connectivity index (χ1n) is 7.51. The van der Waals surface area contributed by atoms with Gasteiger partial charge in [-0.2, -0.15) is 0 Å². The monoisotopic (exact) mass is 258 g/mol. The van der Waals surface area contributed by atoms with Gasteiger partial charge in [0, 0.05) is 25.1 Å². The van der Waals surface area contributed by atoms with Crippen LogP contribution in [-0.2, 0) is 6.42 Å². The Kier molecular flexibility index (Phi) is 3.54. The summed E-state index contributed by atoms with van der Waals surface area (Å²) in [5.74, 6) is 1.31. The Labute approximate surface area is 115 Å². The lowest BCUT2D eigenvalue weighted by Gasteiger charge is -2.32. The highest BCUT2D eigenvalue weighted by Crippen LogP contribution is 2.27. The van der Waals surface area contributed by atoms with Crippen LogP contribution in [0.5, 0.6) is 0 Å². The molecule has 1 saturated carbocycles. The smallest absolute Gasteiger partial charge is 0.164 e. The lowest BCUT2D eigenvalue weighted by Crippen LogP contribution is -2.34. The fourth-order valence-electron chi connectivity index (χ4n) is 3.34. The summed E-state index contributed by atoms with van der Waals surface area (Å²) in [5.41, 5.74) is 1.86. The Morgan fingerprint density at radius 3 is 2.68 bits per heavy atom. The SMILES string of the molecule is CN(c1ccc2c(n1)CCCC2=O)C1CCCCC1. The summed E-state index contributed by atoms with van der Waals surface area (Å²) in [5, 5.41) is 0. The Bertz CT molecular complexity index is 478. The largest absolute Gasteiger partial charge is 0.357 e. The first kappa shape index (κ1) is 12.6. The van der Waals surface area contributed by atoms with Gasteiger partial charge < -0.3 is 4.90 Å². The highest BCUT2D eigenvalue weighted by Gasteiger charge is 2.22. The number of carbonyl (C=O) groups is 1. The Morgan fingerprint density at radius 2 is 1.89 bits per heavy atom. The second-order valence-electron chi connectivity index (χ2n) is 5.84. The normalized spacial score (nSPS) is 20.2. The number of Topliss-reactive ketones (excluding diaryl/α,β-unsaturated/α-hetero) is 1. The fraction of sp³-hybridized carbons (Fsp3) is 0.625. The highest BCUT2D eigenvalue weighted by atomic mass is 16.1. The van der Waals surface area contributed by atoms with E-state index >= 15 is 0 Å². The molecule has 3 nitrogen and oxygen atoms in total. The van der Waals surface area contributed by atoms with E-state index in [0.29, 0.717) is 12.5 Å². The van der Waals surface area contributed by atoms with E-state index in [0.717, 1.165) is 29.9 Å². The van der Waals surface area contributed by atoms with Crippen molar-refractivity contribution in [2.75, 3.05) is 11.9 Å². The molecule has 19 heavy (non-hydrogen) atoms. The highest BCUT2D eigenvalue weighted by molar-refractivity contribution is 5.98. The number of fused-ring (bicyclic) bond motifs is 1. The van der Waals surface area contributed by atoms with E-state index in [1.165, 1.54) is 32.1 Å². The zero-order valence-electron chi connectivity index (χ0n) is 11.7. The average molecular weight is 258 g/mol. The Hall–Kier alpha value is -1.38. The molecule has 1 aromatic rings. The number of hydrogen-bond acceptors (Lipinski definition) is 3. The van der Waals surface area contributed by atoms with Crippen LogP contribution >= 0.6 is 0 Å². The number of aryl methyl sites for hydroxylation is 1. The first-order valence-corrected chi connectivity index (χ1v) is 7.51. The molecule has 3 rings (SSSR count). The van der Waals surface area contributed by atoms with Gasteiger partial charge in [-0.3, -0.25) is 4.79 Å². The summed E-state index contributed by atoms with van der Waals surface area (Å²) < 4.78 is 0. The predicted octanol–water partition coefficient (Wildman–Crippen LogP) is 3.37. The van der Waals surface area contributed by atoms with Crippen LogP contribution in [0.2, 0.25) is 0 Å². The first-order chi connectivity index (χ1) is 9.25. The minimum Gasteiger partial charge on any atom is -0.357 e. The van der Waals surface area contributed by atoms with Crippen molar-refractivity contribution in [3.05, 3.63) is 23.4 Å². The molecule has 2 aliphatic rings. The number of nitrogens with zero attached hydrogens (tertiary/aromatic N) is 2. The van der Waals surface area contributed by atoms with Crippen molar-refractivity contribution < 1.29 is 4.79 Å². The van der Waals surface area contributed by atoms with Crippen LogP contribution in [0.4, 0.5) is 5.82 Å². The third-order valence-corrected chi connectivity index (χ3v) is 4.56. The number of aromatic nitrogens is 1. The number of hydrogen-bond donors (Lipinski definition) is 0. The van der Waals surface area contributed by atoms with E-state index in [1.54, 1.807) is 0 Å². The van der Waals surface area contributed by atoms with Crippen LogP contribution < -0.4 is 4.90 Å². The Morgan fingerprint density at radius 1 is 1.11 bits per heavy atom. The molecule has 0 bridgehead atoms. The Balaban J connectivity index is 1.83. The van der Waals surface area contributed by atoms with Gasteiger partial charge in [0.1, 0.15) is 5.82 Å². The van der Waals surface area contributed by atoms with E-state index in [4.69, 9.17) is 4.98 Å². The van der Waals surface area contributed by atoms with Crippen molar-refractivity contribution >= 4 is 11.6 Å². The maximum absolute atomic E-state index is 11.8. The second kappa shape index (κ2) is 5.32. The van der Waals surface area contributed by atoms with Gasteiger partial charge in [0.15, 0.2) is 5.78 Å². The fourth-order valence-corrected chi connectivity index (χ4v) is 3.34. The van der Waals surface area contributed by atoms with E-state index in [2.05, 4.69) is 11.9 Å². The lowest BCUT2D eigenvalue weighted by molar-refractivity contribution is 0.0971. The molecular weight excluding hydrogens is 236 g/mol. The zero-order chi connectivity index (χ0) is 13.2. The summed E-state index contributed by atoms with van der Waals surface area (Å²) in [6, 6.07) is 4.63. The van der Waals surface area contributed by atoms with E-state index < -0.39 is 0 Å². The standard InChI is InChI=1S/C16H22N2O/c1-18(12-6-3-2-4-7-12)16-11-10-13-14(17-16)8-5-9-15(13)19/h10-12H,2-9H2,1H3. The molecule has 0 saturated heterocycles. The van der Waals surface area contributed by atoms with E-state index in [-0.39, 0.29) is 5.78 Å². The van der Waals surface area contributed by atoms with Crippen LogP contribution in [0.25, 0.3) is 0 Å². The lowest BCUT2D eigenvalue weighted by atomic mass is 9.93. The van der Waals surface area contributed by atoms with Gasteiger partial charge in [-0.05, 0) is 37.8 Å². The van der Waals surface area contributed by atoms with Crippen LogP contribution in [0, 0.1) is 0 Å².